The number of hydrogen-bond acceptors (Lipinski definition) is 2. The zero-order valence-electron chi connectivity index (χ0n) is 16.8. The second-order valence-electron chi connectivity index (χ2n) is 6.73. The Morgan fingerprint density at radius 3 is 1.80 bits per heavy atom. The molecular weight excluding hydrogens is 412 g/mol. The number of allylic oxidation sites excluding steroid dienone is 1. The van der Waals surface area contributed by atoms with Gasteiger partial charge in [0.25, 0.3) is 0 Å². The molecular formula is C27H26FeO2-6. The average molecular weight is 438 g/mol. The molecule has 0 saturated carbocycles. The van der Waals surface area contributed by atoms with Crippen molar-refractivity contribution in [1.82, 2.24) is 0 Å². The van der Waals surface area contributed by atoms with E-state index in [1.165, 1.54) is 11.1 Å². The van der Waals surface area contributed by atoms with Gasteiger partial charge in [-0.05, 0) is 25.0 Å². The van der Waals surface area contributed by atoms with Gasteiger partial charge in [0.05, 0.1) is 0 Å². The molecule has 0 aromatic heterocycles. The van der Waals surface area contributed by atoms with Gasteiger partial charge in [-0.15, -0.1) is 23.3 Å². The predicted molar refractivity (Wildman–Crippen MR) is 121 cm³/mol. The molecule has 4 rings (SSSR count). The molecule has 0 spiro atoms. The predicted octanol–water partition coefficient (Wildman–Crippen LogP) is 6.25. The third-order valence-electron chi connectivity index (χ3n) is 4.67. The molecule has 2 N–H and O–H groups in total. The van der Waals surface area contributed by atoms with E-state index in [-0.39, 0.29) is 29.4 Å². The third kappa shape index (κ3) is 6.60. The fraction of sp³-hybridized carbons (Fsp3) is 0.111. The molecule has 0 fully saturated rings. The van der Waals surface area contributed by atoms with E-state index in [0.717, 1.165) is 29.5 Å². The Labute approximate surface area is 189 Å². The van der Waals surface area contributed by atoms with Crippen LogP contribution in [0.5, 0.6) is 5.75 Å². The Morgan fingerprint density at radius 1 is 0.733 bits per heavy atom. The van der Waals surface area contributed by atoms with Crippen molar-refractivity contribution >= 4 is 11.1 Å². The number of phenols is 1. The fourth-order valence-corrected chi connectivity index (χ4v) is 3.31. The van der Waals surface area contributed by atoms with Crippen LogP contribution in [0.2, 0.25) is 0 Å². The summed E-state index contributed by atoms with van der Waals surface area (Å²) in [6.45, 7) is 0.169. The van der Waals surface area contributed by atoms with Crippen LogP contribution in [0.3, 0.4) is 0 Å². The maximum Gasteiger partial charge on any atom is 0.115 e. The Hall–Kier alpha value is -2.84. The van der Waals surface area contributed by atoms with E-state index in [2.05, 4.69) is 24.3 Å². The first-order valence-corrected chi connectivity index (χ1v) is 9.87. The largest absolute Gasteiger partial charge is 0.748 e. The van der Waals surface area contributed by atoms with Gasteiger partial charge in [-0.2, -0.15) is 12.1 Å². The van der Waals surface area contributed by atoms with E-state index >= 15 is 0 Å². The molecule has 0 unspecified atom stereocenters. The van der Waals surface area contributed by atoms with Gasteiger partial charge in [-0.25, -0.2) is 0 Å². The second kappa shape index (κ2) is 12.7. The van der Waals surface area contributed by atoms with Gasteiger partial charge in [0.2, 0.25) is 0 Å². The number of aliphatic hydroxyl groups is 1. The van der Waals surface area contributed by atoms with Crippen molar-refractivity contribution in [3.63, 3.8) is 0 Å². The monoisotopic (exact) mass is 438 g/mol. The molecule has 0 atom stereocenters. The van der Waals surface area contributed by atoms with E-state index in [1.807, 2.05) is 72.8 Å². The third-order valence-corrected chi connectivity index (χ3v) is 4.67. The number of rotatable bonds is 6. The van der Waals surface area contributed by atoms with Gasteiger partial charge < -0.3 is 40.5 Å². The normalized spacial score (nSPS) is 11.0. The first kappa shape index (κ1) is 23.4. The van der Waals surface area contributed by atoms with E-state index in [9.17, 15) is 10.2 Å². The summed E-state index contributed by atoms with van der Waals surface area (Å²) in [4.78, 5) is 0. The molecule has 0 aliphatic heterocycles. The summed E-state index contributed by atoms with van der Waals surface area (Å²) in [7, 11) is 0. The van der Waals surface area contributed by atoms with Gasteiger partial charge in [0.15, 0.2) is 0 Å². The number of aromatic hydroxyl groups is 1. The van der Waals surface area contributed by atoms with Crippen LogP contribution >= 0.6 is 0 Å². The quantitative estimate of drug-likeness (QED) is 0.276. The van der Waals surface area contributed by atoms with Gasteiger partial charge in [0.1, 0.15) is 5.75 Å². The molecule has 0 saturated heterocycles. The molecule has 0 heterocycles. The molecule has 0 radical (unpaired) electrons. The summed E-state index contributed by atoms with van der Waals surface area (Å²) >= 11 is 0. The minimum absolute atomic E-state index is 0. The van der Waals surface area contributed by atoms with Crippen molar-refractivity contribution in [2.24, 2.45) is 0 Å². The average Bonchev–Trinajstić information content (AvgIpc) is 3.50. The van der Waals surface area contributed by atoms with Crippen molar-refractivity contribution in [3.8, 4) is 5.75 Å². The molecule has 30 heavy (non-hydrogen) atoms. The van der Waals surface area contributed by atoms with E-state index in [1.54, 1.807) is 12.1 Å². The number of phenolic OH excluding ortho intramolecular Hbond substituents is 1. The zero-order chi connectivity index (χ0) is 20.3. The smallest absolute Gasteiger partial charge is 0.115 e. The SMILES string of the molecule is OCCCC(=C(c1ccccc1)c1ccc(O)cc1)[c-]1cccc1.[Fe].[cH-]1[cH-][cH-][cH-][cH-]1. The van der Waals surface area contributed by atoms with Crippen molar-refractivity contribution in [1.29, 1.82) is 0 Å². The molecule has 3 heteroatoms. The van der Waals surface area contributed by atoms with Crippen LogP contribution in [0.1, 0.15) is 29.5 Å². The van der Waals surface area contributed by atoms with Crippen LogP contribution in [0, 0.1) is 0 Å². The summed E-state index contributed by atoms with van der Waals surface area (Å²) < 4.78 is 0. The van der Waals surface area contributed by atoms with E-state index in [4.69, 9.17) is 0 Å². The summed E-state index contributed by atoms with van der Waals surface area (Å²) in [6.07, 6.45) is 1.51. The second-order valence-corrected chi connectivity index (χ2v) is 6.73. The summed E-state index contributed by atoms with van der Waals surface area (Å²) in [5.41, 5.74) is 5.74. The Morgan fingerprint density at radius 2 is 1.27 bits per heavy atom. The van der Waals surface area contributed by atoms with Gasteiger partial charge >= 0.3 is 0 Å². The van der Waals surface area contributed by atoms with Crippen LogP contribution in [-0.4, -0.2) is 16.8 Å². The number of aliphatic hydroxyl groups excluding tert-OH is 1. The Balaban J connectivity index is 0.000000468. The minimum atomic E-state index is 0. The maximum atomic E-state index is 9.62. The van der Waals surface area contributed by atoms with Gasteiger partial charge in [0, 0.05) is 23.7 Å². The van der Waals surface area contributed by atoms with Crippen LogP contribution in [0.25, 0.3) is 11.1 Å². The summed E-state index contributed by atoms with van der Waals surface area (Å²) in [6, 6.07) is 35.9. The van der Waals surface area contributed by atoms with Crippen molar-refractivity contribution in [2.45, 2.75) is 12.8 Å². The molecule has 160 valence electrons. The topological polar surface area (TPSA) is 40.5 Å². The molecule has 4 aromatic carbocycles. The molecule has 0 bridgehead atoms. The molecule has 2 nitrogen and oxygen atoms in total. The molecule has 0 aliphatic carbocycles. The van der Waals surface area contributed by atoms with Crippen molar-refractivity contribution in [3.05, 3.63) is 126 Å². The first-order chi connectivity index (χ1) is 14.3. The number of hydrogen-bond donors (Lipinski definition) is 2. The van der Waals surface area contributed by atoms with Crippen LogP contribution < -0.4 is 0 Å². The zero-order valence-corrected chi connectivity index (χ0v) is 17.9. The number of benzene rings is 2. The van der Waals surface area contributed by atoms with Crippen LogP contribution in [0.15, 0.2) is 109 Å². The molecule has 4 aromatic rings. The Kier molecular flexibility index (Phi) is 9.89. The minimum Gasteiger partial charge on any atom is -0.748 e. The van der Waals surface area contributed by atoms with Gasteiger partial charge in [-0.1, -0.05) is 59.2 Å². The Bertz CT molecular complexity index is 950. The molecule has 0 amide bonds. The van der Waals surface area contributed by atoms with E-state index in [0.29, 0.717) is 0 Å². The van der Waals surface area contributed by atoms with Crippen LogP contribution in [-0.2, 0) is 17.1 Å². The molecule has 0 aliphatic rings. The van der Waals surface area contributed by atoms with Gasteiger partial charge in [-0.3, -0.25) is 0 Å². The summed E-state index contributed by atoms with van der Waals surface area (Å²) in [5, 5.41) is 18.9. The standard InChI is InChI=1S/C22H21O2.C5H5.Fe/c23-16-6-11-21(17-7-4-5-8-17)22(18-9-2-1-3-10-18)19-12-14-20(24)15-13-19;1-2-4-5-3-1;/h1-5,7-10,12-15,23-24H,6,11,16H2;1-5H;/q-1;-5;. The van der Waals surface area contributed by atoms with Crippen molar-refractivity contribution < 1.29 is 27.3 Å². The first-order valence-electron chi connectivity index (χ1n) is 9.87. The van der Waals surface area contributed by atoms with Crippen molar-refractivity contribution in [2.75, 3.05) is 6.61 Å². The van der Waals surface area contributed by atoms with Crippen LogP contribution in [0.4, 0.5) is 0 Å². The summed E-state index contributed by atoms with van der Waals surface area (Å²) in [5.74, 6) is 0.261. The fourth-order valence-electron chi connectivity index (χ4n) is 3.31. The van der Waals surface area contributed by atoms with E-state index < -0.39 is 0 Å². The maximum absolute atomic E-state index is 9.62.